The summed E-state index contributed by atoms with van der Waals surface area (Å²) in [5.41, 5.74) is 0.730. The van der Waals surface area contributed by atoms with Gasteiger partial charge in [0.2, 0.25) is 0 Å². The lowest BCUT2D eigenvalue weighted by molar-refractivity contribution is -0.178. The minimum atomic E-state index is -1.02. The fourth-order valence-corrected chi connectivity index (χ4v) is 2.28. The van der Waals surface area contributed by atoms with Crippen LogP contribution in [0.5, 0.6) is 0 Å². The van der Waals surface area contributed by atoms with E-state index in [9.17, 15) is 14.4 Å². The van der Waals surface area contributed by atoms with E-state index in [1.54, 1.807) is 52.0 Å². The molecule has 158 valence electrons. The minimum Gasteiger partial charge on any atom is -0.481 e. The summed E-state index contributed by atoms with van der Waals surface area (Å²) in [5.74, 6) is -2.49. The Hall–Kier alpha value is -2.32. The number of esters is 1. The van der Waals surface area contributed by atoms with Crippen molar-refractivity contribution in [1.82, 2.24) is 5.32 Å². The van der Waals surface area contributed by atoms with E-state index in [-0.39, 0.29) is 30.3 Å². The van der Waals surface area contributed by atoms with Crippen LogP contribution in [0.3, 0.4) is 0 Å². The van der Waals surface area contributed by atoms with E-state index in [0.29, 0.717) is 5.02 Å². The fourth-order valence-electron chi connectivity index (χ4n) is 2.15. The molecular weight excluding hydrogens is 390 g/mol. The molecule has 9 heteroatoms. The number of alkyl carbamates (subject to hydrolysis) is 1. The molecule has 4 N–H and O–H groups in total. The van der Waals surface area contributed by atoms with Gasteiger partial charge in [-0.15, -0.1) is 0 Å². The number of carbonyl (C=O) groups excluding carboxylic acids is 2. The summed E-state index contributed by atoms with van der Waals surface area (Å²) in [6.45, 7) is 6.93. The van der Waals surface area contributed by atoms with Gasteiger partial charge in [-0.3, -0.25) is 9.59 Å². The molecule has 0 spiro atoms. The van der Waals surface area contributed by atoms with Crippen molar-refractivity contribution in [3.8, 4) is 0 Å². The van der Waals surface area contributed by atoms with Gasteiger partial charge in [0.1, 0.15) is 0 Å². The molecule has 0 aliphatic carbocycles. The lowest BCUT2D eigenvalue weighted by Gasteiger charge is -2.23. The van der Waals surface area contributed by atoms with Gasteiger partial charge in [-0.05, 0) is 17.7 Å². The maximum Gasteiger partial charge on any atom is 0.410 e. The van der Waals surface area contributed by atoms with Crippen molar-refractivity contribution >= 4 is 29.6 Å². The van der Waals surface area contributed by atoms with Crippen molar-refractivity contribution in [1.29, 1.82) is 0 Å². The summed E-state index contributed by atoms with van der Waals surface area (Å²) in [4.78, 5) is 34.9. The number of carbonyl (C=O) groups is 3. The molecule has 8 nitrogen and oxygen atoms in total. The van der Waals surface area contributed by atoms with Crippen molar-refractivity contribution < 1.29 is 34.4 Å². The van der Waals surface area contributed by atoms with Crippen molar-refractivity contribution in [2.24, 2.45) is 11.8 Å². The number of amides is 1. The van der Waals surface area contributed by atoms with Crippen LogP contribution in [-0.2, 0) is 19.1 Å². The van der Waals surface area contributed by atoms with Crippen LogP contribution in [0, 0.1) is 11.8 Å². The van der Waals surface area contributed by atoms with Crippen molar-refractivity contribution in [2.75, 3.05) is 6.54 Å². The summed E-state index contributed by atoms with van der Waals surface area (Å²) in [6.07, 6.45) is -1.97. The average molecular weight is 418 g/mol. The molecule has 0 aliphatic heterocycles. The van der Waals surface area contributed by atoms with Gasteiger partial charge in [-0.1, -0.05) is 51.4 Å². The second-order valence-corrected chi connectivity index (χ2v) is 7.27. The van der Waals surface area contributed by atoms with Crippen LogP contribution < -0.4 is 5.32 Å². The molecule has 1 aromatic carbocycles. The Morgan fingerprint density at radius 3 is 2.11 bits per heavy atom. The topological polar surface area (TPSA) is 133 Å². The molecule has 1 aromatic rings. The van der Waals surface area contributed by atoms with Gasteiger partial charge < -0.3 is 25.4 Å². The minimum absolute atomic E-state index is 0. The first-order valence-corrected chi connectivity index (χ1v) is 9.10. The number of hydrogen-bond donors (Lipinski definition) is 2. The lowest BCUT2D eigenvalue weighted by atomic mass is 9.96. The highest BCUT2D eigenvalue weighted by Crippen LogP contribution is 2.21. The molecule has 0 fully saturated rings. The third kappa shape index (κ3) is 9.05. The summed E-state index contributed by atoms with van der Waals surface area (Å²) in [6, 6.07) is 6.74. The number of benzene rings is 1. The Labute approximate surface area is 169 Å². The number of hydrogen-bond acceptors (Lipinski definition) is 5. The summed E-state index contributed by atoms with van der Waals surface area (Å²) < 4.78 is 10.4. The first-order chi connectivity index (χ1) is 12.6. The highest BCUT2D eigenvalue weighted by atomic mass is 35.5. The van der Waals surface area contributed by atoms with E-state index < -0.39 is 30.2 Å². The predicted molar refractivity (Wildman–Crippen MR) is 104 cm³/mol. The molecule has 1 amide bonds. The van der Waals surface area contributed by atoms with Crippen molar-refractivity contribution in [2.45, 2.75) is 46.3 Å². The highest BCUT2D eigenvalue weighted by molar-refractivity contribution is 6.30. The zero-order valence-electron chi connectivity index (χ0n) is 16.4. The number of aliphatic carboxylic acids is 1. The van der Waals surface area contributed by atoms with Crippen LogP contribution in [0.4, 0.5) is 4.79 Å². The molecule has 0 aliphatic rings. The maximum atomic E-state index is 12.1. The predicted octanol–water partition coefficient (Wildman–Crippen LogP) is 2.98. The summed E-state index contributed by atoms with van der Waals surface area (Å²) in [5, 5.41) is 12.2. The molecule has 1 rings (SSSR count). The Bertz CT molecular complexity index is 646. The molecule has 0 aromatic heterocycles. The number of rotatable bonds is 9. The zero-order chi connectivity index (χ0) is 20.6. The summed E-state index contributed by atoms with van der Waals surface area (Å²) in [7, 11) is 0. The molecule has 0 radical (unpaired) electrons. The molecule has 0 unspecified atom stereocenters. The fraction of sp³-hybridized carbons (Fsp3) is 0.526. The van der Waals surface area contributed by atoms with Gasteiger partial charge in [0.05, 0.1) is 12.3 Å². The van der Waals surface area contributed by atoms with Crippen molar-refractivity contribution in [3.05, 3.63) is 34.9 Å². The van der Waals surface area contributed by atoms with Crippen molar-refractivity contribution in [3.63, 3.8) is 0 Å². The van der Waals surface area contributed by atoms with E-state index in [1.165, 1.54) is 0 Å². The third-order valence-electron chi connectivity index (χ3n) is 3.73. The normalized spacial score (nSPS) is 12.7. The molecule has 0 saturated carbocycles. The Morgan fingerprint density at radius 1 is 1.07 bits per heavy atom. The van der Waals surface area contributed by atoms with E-state index in [2.05, 4.69) is 5.32 Å². The number of ether oxygens (including phenoxy) is 2. The van der Waals surface area contributed by atoms with Crippen LogP contribution in [0.1, 0.15) is 45.6 Å². The van der Waals surface area contributed by atoms with E-state index in [0.717, 1.165) is 5.56 Å². The SMILES string of the molecule is CC(C)C(=O)O[C@@H](OC(=O)NC[C@H](CC(=O)O)c1ccc(Cl)cc1)C(C)C.O. The Balaban J connectivity index is 0.00000729. The smallest absolute Gasteiger partial charge is 0.410 e. The van der Waals surface area contributed by atoms with Crippen LogP contribution in [0.2, 0.25) is 5.02 Å². The molecular formula is C19H28ClNO7. The standard InChI is InChI=1S/C19H26ClNO6.H2O/c1-11(2)17(24)26-18(12(3)4)27-19(25)21-10-14(9-16(22)23)13-5-7-15(20)8-6-13;/h5-8,11-12,14,18H,9-10H2,1-4H3,(H,21,25)(H,22,23);1H2/t14-,18-;/m0./s1. The number of halogens is 1. The first-order valence-electron chi connectivity index (χ1n) is 8.72. The van der Waals surface area contributed by atoms with Crippen LogP contribution in [0.15, 0.2) is 24.3 Å². The third-order valence-corrected chi connectivity index (χ3v) is 3.98. The van der Waals surface area contributed by atoms with Gasteiger partial charge in [0.25, 0.3) is 6.29 Å². The first kappa shape index (κ1) is 25.7. The Morgan fingerprint density at radius 2 is 1.64 bits per heavy atom. The van der Waals surface area contributed by atoms with Gasteiger partial charge >= 0.3 is 18.0 Å². The summed E-state index contributed by atoms with van der Waals surface area (Å²) >= 11 is 5.85. The van der Waals surface area contributed by atoms with Gasteiger partial charge in [-0.2, -0.15) is 0 Å². The highest BCUT2D eigenvalue weighted by Gasteiger charge is 2.25. The van der Waals surface area contributed by atoms with Gasteiger partial charge in [0.15, 0.2) is 0 Å². The van der Waals surface area contributed by atoms with Crippen LogP contribution >= 0.6 is 11.6 Å². The van der Waals surface area contributed by atoms with E-state index in [1.807, 2.05) is 0 Å². The molecule has 0 heterocycles. The van der Waals surface area contributed by atoms with Crippen LogP contribution in [0.25, 0.3) is 0 Å². The van der Waals surface area contributed by atoms with Gasteiger partial charge in [-0.25, -0.2) is 4.79 Å². The number of carboxylic acid groups (broad SMARTS) is 1. The van der Waals surface area contributed by atoms with Crippen LogP contribution in [-0.4, -0.2) is 41.4 Å². The average Bonchev–Trinajstić information content (AvgIpc) is 2.58. The maximum absolute atomic E-state index is 12.1. The quantitative estimate of drug-likeness (QED) is 0.468. The largest absolute Gasteiger partial charge is 0.481 e. The molecule has 0 saturated heterocycles. The molecule has 28 heavy (non-hydrogen) atoms. The molecule has 0 bridgehead atoms. The zero-order valence-corrected chi connectivity index (χ0v) is 17.2. The van der Waals surface area contributed by atoms with Gasteiger partial charge in [0, 0.05) is 23.4 Å². The van der Waals surface area contributed by atoms with E-state index in [4.69, 9.17) is 26.2 Å². The second kappa shape index (κ2) is 12.2. The van der Waals surface area contributed by atoms with E-state index >= 15 is 0 Å². The lowest BCUT2D eigenvalue weighted by Crippen LogP contribution is -2.37. The number of nitrogens with one attached hydrogen (secondary N) is 1. The Kier molecular flexibility index (Phi) is 11.2. The monoisotopic (exact) mass is 417 g/mol. The molecule has 2 atom stereocenters. The second-order valence-electron chi connectivity index (χ2n) is 6.84. The number of carboxylic acids is 1.